The molecule has 19 heavy (non-hydrogen) atoms. The van der Waals surface area contributed by atoms with Crippen molar-refractivity contribution in [2.24, 2.45) is 0 Å². The van der Waals surface area contributed by atoms with Gasteiger partial charge in [0, 0.05) is 12.2 Å². The minimum absolute atomic E-state index is 0.0829. The Morgan fingerprint density at radius 2 is 1.74 bits per heavy atom. The van der Waals surface area contributed by atoms with Gasteiger partial charge in [-0.15, -0.1) is 0 Å². The lowest BCUT2D eigenvalue weighted by atomic mass is 10.1. The second kappa shape index (κ2) is 5.16. The number of rotatable bonds is 2. The van der Waals surface area contributed by atoms with Crippen molar-refractivity contribution in [3.63, 3.8) is 0 Å². The second-order valence-corrected chi connectivity index (χ2v) is 8.21. The molecule has 3 rings (SSSR count). The van der Waals surface area contributed by atoms with Crippen molar-refractivity contribution in [3.05, 3.63) is 29.8 Å². The van der Waals surface area contributed by atoms with E-state index in [1.165, 1.54) is 5.56 Å². The van der Waals surface area contributed by atoms with Gasteiger partial charge in [-0.2, -0.15) is 0 Å². The summed E-state index contributed by atoms with van der Waals surface area (Å²) in [4.78, 5) is 0. The molecule has 1 fully saturated rings. The first kappa shape index (κ1) is 13.0. The summed E-state index contributed by atoms with van der Waals surface area (Å²) in [6.45, 7) is 0.565. The number of benzene rings is 1. The Morgan fingerprint density at radius 3 is 2.53 bits per heavy atom. The van der Waals surface area contributed by atoms with Crippen molar-refractivity contribution in [2.75, 3.05) is 11.9 Å². The molecule has 2 aliphatic rings. The molecule has 1 aliphatic heterocycles. The monoisotopic (exact) mass is 279 g/mol. The molecule has 104 valence electrons. The summed E-state index contributed by atoms with van der Waals surface area (Å²) >= 11 is 0. The molecule has 0 radical (unpaired) electrons. The van der Waals surface area contributed by atoms with E-state index < -0.39 is 9.84 Å². The summed E-state index contributed by atoms with van der Waals surface area (Å²) in [5.41, 5.74) is 2.35. The summed E-state index contributed by atoms with van der Waals surface area (Å²) < 4.78 is 25.3. The number of para-hydroxylation sites is 1. The van der Waals surface area contributed by atoms with Gasteiger partial charge in [0.05, 0.1) is 10.5 Å². The maximum atomic E-state index is 12.7. The van der Waals surface area contributed by atoms with Crippen LogP contribution in [0.5, 0.6) is 0 Å². The topological polar surface area (TPSA) is 46.2 Å². The van der Waals surface area contributed by atoms with E-state index in [2.05, 4.69) is 11.4 Å². The Bertz CT molecular complexity index is 520. The van der Waals surface area contributed by atoms with Crippen molar-refractivity contribution in [3.8, 4) is 0 Å². The van der Waals surface area contributed by atoms with E-state index in [1.807, 2.05) is 18.2 Å². The van der Waals surface area contributed by atoms with Gasteiger partial charge < -0.3 is 5.32 Å². The van der Waals surface area contributed by atoms with Crippen LogP contribution in [-0.2, 0) is 16.3 Å². The molecular weight excluding hydrogens is 258 g/mol. The average Bonchev–Trinajstić information content (AvgIpc) is 2.86. The van der Waals surface area contributed by atoms with Crippen molar-refractivity contribution >= 4 is 15.5 Å². The molecule has 1 heterocycles. The van der Waals surface area contributed by atoms with Crippen molar-refractivity contribution in [2.45, 2.75) is 49.0 Å². The van der Waals surface area contributed by atoms with Gasteiger partial charge in [-0.3, -0.25) is 0 Å². The van der Waals surface area contributed by atoms with Gasteiger partial charge in [0.25, 0.3) is 0 Å². The van der Waals surface area contributed by atoms with Gasteiger partial charge in [0.15, 0.2) is 9.84 Å². The molecule has 0 saturated heterocycles. The number of aryl methyl sites for hydroxylation is 1. The molecule has 1 aromatic carbocycles. The number of anilines is 1. The molecule has 1 atom stereocenters. The Kier molecular flexibility index (Phi) is 3.52. The second-order valence-electron chi connectivity index (χ2n) is 5.69. The van der Waals surface area contributed by atoms with E-state index in [4.69, 9.17) is 0 Å². The van der Waals surface area contributed by atoms with Crippen LogP contribution in [0.15, 0.2) is 24.3 Å². The Hall–Kier alpha value is -1.03. The van der Waals surface area contributed by atoms with Crippen LogP contribution in [0, 0.1) is 0 Å². The fourth-order valence-corrected chi connectivity index (χ4v) is 5.62. The summed E-state index contributed by atoms with van der Waals surface area (Å²) in [5.74, 6) is 0. The van der Waals surface area contributed by atoms with Gasteiger partial charge >= 0.3 is 0 Å². The van der Waals surface area contributed by atoms with Crippen LogP contribution in [0.4, 0.5) is 5.69 Å². The van der Waals surface area contributed by atoms with E-state index in [0.717, 1.165) is 44.2 Å². The Balaban J connectivity index is 1.78. The van der Waals surface area contributed by atoms with Crippen LogP contribution >= 0.6 is 0 Å². The molecule has 1 aliphatic carbocycles. The Morgan fingerprint density at radius 1 is 1.00 bits per heavy atom. The number of sulfone groups is 1. The third-order valence-corrected chi connectivity index (χ3v) is 7.24. The first-order valence-electron chi connectivity index (χ1n) is 7.22. The SMILES string of the molecule is O=S(=O)(C1CCCC1)C1CCc2ccccc2NC1. The van der Waals surface area contributed by atoms with Crippen LogP contribution in [0.2, 0.25) is 0 Å². The lowest BCUT2D eigenvalue weighted by molar-refractivity contribution is 0.559. The minimum atomic E-state index is -2.97. The molecule has 4 heteroatoms. The molecule has 1 N–H and O–H groups in total. The lowest BCUT2D eigenvalue weighted by Crippen LogP contribution is -2.35. The number of hydrogen-bond acceptors (Lipinski definition) is 3. The van der Waals surface area contributed by atoms with Gasteiger partial charge in [-0.05, 0) is 37.3 Å². The zero-order valence-electron chi connectivity index (χ0n) is 11.1. The van der Waals surface area contributed by atoms with Crippen LogP contribution in [0.25, 0.3) is 0 Å². The van der Waals surface area contributed by atoms with Crippen molar-refractivity contribution in [1.82, 2.24) is 0 Å². The fourth-order valence-electron chi connectivity index (χ4n) is 3.32. The highest BCUT2D eigenvalue weighted by molar-refractivity contribution is 7.92. The standard InChI is InChI=1S/C15H21NO2S/c17-19(18,13-6-2-3-7-13)14-10-9-12-5-1-4-8-15(12)16-11-14/h1,4-5,8,13-14,16H,2-3,6-7,9-11H2. The zero-order valence-corrected chi connectivity index (χ0v) is 12.0. The molecule has 0 amide bonds. The average molecular weight is 279 g/mol. The van der Waals surface area contributed by atoms with E-state index in [1.54, 1.807) is 0 Å². The molecular formula is C15H21NO2S. The van der Waals surface area contributed by atoms with Gasteiger partial charge in [0.1, 0.15) is 0 Å². The predicted molar refractivity (Wildman–Crippen MR) is 78.2 cm³/mol. The van der Waals surface area contributed by atoms with Gasteiger partial charge in [0.2, 0.25) is 0 Å². The molecule has 1 aromatic rings. The van der Waals surface area contributed by atoms with Crippen LogP contribution in [0.1, 0.15) is 37.7 Å². The first-order chi connectivity index (χ1) is 9.18. The smallest absolute Gasteiger partial charge is 0.157 e. The first-order valence-corrected chi connectivity index (χ1v) is 8.83. The molecule has 1 unspecified atom stereocenters. The lowest BCUT2D eigenvalue weighted by Gasteiger charge is -2.20. The normalized spacial score (nSPS) is 24.5. The highest BCUT2D eigenvalue weighted by Gasteiger charge is 2.36. The summed E-state index contributed by atoms with van der Waals surface area (Å²) in [5, 5.41) is 3.02. The molecule has 0 bridgehead atoms. The van der Waals surface area contributed by atoms with Crippen LogP contribution < -0.4 is 5.32 Å². The number of fused-ring (bicyclic) bond motifs is 1. The molecule has 0 aromatic heterocycles. The Labute approximate surface area is 115 Å². The predicted octanol–water partition coefficient (Wildman–Crippen LogP) is 2.77. The highest BCUT2D eigenvalue weighted by Crippen LogP contribution is 2.31. The third-order valence-electron chi connectivity index (χ3n) is 4.50. The molecule has 3 nitrogen and oxygen atoms in total. The van der Waals surface area contributed by atoms with Crippen molar-refractivity contribution in [1.29, 1.82) is 0 Å². The zero-order chi connectivity index (χ0) is 13.3. The van der Waals surface area contributed by atoms with Crippen LogP contribution in [-0.4, -0.2) is 25.5 Å². The summed E-state index contributed by atoms with van der Waals surface area (Å²) in [7, 11) is -2.97. The largest absolute Gasteiger partial charge is 0.384 e. The number of nitrogens with one attached hydrogen (secondary N) is 1. The van der Waals surface area contributed by atoms with E-state index in [0.29, 0.717) is 6.54 Å². The summed E-state index contributed by atoms with van der Waals surface area (Å²) in [6, 6.07) is 8.15. The van der Waals surface area contributed by atoms with E-state index >= 15 is 0 Å². The van der Waals surface area contributed by atoms with E-state index in [9.17, 15) is 8.42 Å². The minimum Gasteiger partial charge on any atom is -0.384 e. The summed E-state index contributed by atoms with van der Waals surface area (Å²) in [6.07, 6.45) is 5.49. The fraction of sp³-hybridized carbons (Fsp3) is 0.600. The maximum Gasteiger partial charge on any atom is 0.157 e. The molecule has 1 saturated carbocycles. The maximum absolute atomic E-state index is 12.7. The quantitative estimate of drug-likeness (QED) is 0.905. The highest BCUT2D eigenvalue weighted by atomic mass is 32.2. The number of hydrogen-bond donors (Lipinski definition) is 1. The molecule has 0 spiro atoms. The van der Waals surface area contributed by atoms with Gasteiger partial charge in [-0.25, -0.2) is 8.42 Å². The van der Waals surface area contributed by atoms with Crippen LogP contribution in [0.3, 0.4) is 0 Å². The van der Waals surface area contributed by atoms with Crippen molar-refractivity contribution < 1.29 is 8.42 Å². The van der Waals surface area contributed by atoms with Gasteiger partial charge in [-0.1, -0.05) is 31.0 Å². The third kappa shape index (κ3) is 2.50. The van der Waals surface area contributed by atoms with E-state index in [-0.39, 0.29) is 10.5 Å².